The van der Waals surface area contributed by atoms with Crippen LogP contribution in [0.3, 0.4) is 0 Å². The van der Waals surface area contributed by atoms with Crippen LogP contribution in [0.2, 0.25) is 0 Å². The minimum absolute atomic E-state index is 0.0131. The topological polar surface area (TPSA) is 104 Å². The van der Waals surface area contributed by atoms with Crippen LogP contribution in [0, 0.1) is 0 Å². The summed E-state index contributed by atoms with van der Waals surface area (Å²) in [6, 6.07) is 11.0. The number of benzene rings is 2. The Morgan fingerprint density at radius 3 is 2.48 bits per heavy atom. The first-order valence-electron chi connectivity index (χ1n) is 7.67. The summed E-state index contributed by atoms with van der Waals surface area (Å²) in [5.74, 6) is -0.353. The van der Waals surface area contributed by atoms with Gasteiger partial charge in [-0.05, 0) is 61.5 Å². The molecule has 0 aliphatic carbocycles. The number of aryl methyl sites for hydroxylation is 1. The molecule has 3 rings (SSSR count). The highest BCUT2D eigenvalue weighted by Gasteiger charge is 2.16. The molecule has 0 saturated heterocycles. The number of sulfonamides is 1. The van der Waals surface area contributed by atoms with Crippen molar-refractivity contribution in [2.75, 3.05) is 17.7 Å². The number of rotatable bonds is 4. The van der Waals surface area contributed by atoms with Gasteiger partial charge in [0.15, 0.2) is 0 Å². The van der Waals surface area contributed by atoms with E-state index >= 15 is 0 Å². The van der Waals surface area contributed by atoms with Crippen LogP contribution in [0.15, 0.2) is 47.4 Å². The maximum Gasteiger partial charge on any atom is 0.255 e. The van der Waals surface area contributed by atoms with Crippen LogP contribution in [0.4, 0.5) is 11.4 Å². The molecule has 1 aliphatic rings. The lowest BCUT2D eigenvalue weighted by Crippen LogP contribution is -2.20. The van der Waals surface area contributed by atoms with Crippen molar-refractivity contribution in [2.24, 2.45) is 0 Å². The minimum atomic E-state index is -3.53. The second-order valence-electron chi connectivity index (χ2n) is 5.61. The molecule has 0 saturated carbocycles. The van der Waals surface area contributed by atoms with Crippen LogP contribution in [0.1, 0.15) is 22.3 Å². The maximum atomic E-state index is 12.3. The van der Waals surface area contributed by atoms with Gasteiger partial charge in [-0.3, -0.25) is 9.59 Å². The SMILES string of the molecule is CNS(=O)(=O)c1ccc(C(=O)Nc2ccc3c(c2)CCC(=O)N3)cc1. The van der Waals surface area contributed by atoms with Crippen LogP contribution in [-0.2, 0) is 21.2 Å². The Hall–Kier alpha value is -2.71. The summed E-state index contributed by atoms with van der Waals surface area (Å²) < 4.78 is 25.6. The number of carbonyl (C=O) groups excluding carboxylic acids is 2. The molecular formula is C17H17N3O4S. The molecule has 1 heterocycles. The molecule has 0 fully saturated rings. The molecule has 2 amide bonds. The Balaban J connectivity index is 1.75. The Morgan fingerprint density at radius 1 is 1.08 bits per heavy atom. The van der Waals surface area contributed by atoms with Gasteiger partial charge in [-0.25, -0.2) is 13.1 Å². The van der Waals surface area contributed by atoms with E-state index in [1.54, 1.807) is 12.1 Å². The molecule has 0 bridgehead atoms. The summed E-state index contributed by atoms with van der Waals surface area (Å²) in [6.45, 7) is 0. The van der Waals surface area contributed by atoms with E-state index in [2.05, 4.69) is 15.4 Å². The van der Waals surface area contributed by atoms with Gasteiger partial charge < -0.3 is 10.6 Å². The smallest absolute Gasteiger partial charge is 0.255 e. The number of fused-ring (bicyclic) bond motifs is 1. The van der Waals surface area contributed by atoms with Crippen LogP contribution in [-0.4, -0.2) is 27.3 Å². The number of nitrogens with one attached hydrogen (secondary N) is 3. The number of amides is 2. The fourth-order valence-corrected chi connectivity index (χ4v) is 3.30. The Kier molecular flexibility index (Phi) is 4.56. The second-order valence-corrected chi connectivity index (χ2v) is 7.49. The Labute approximate surface area is 145 Å². The molecule has 7 nitrogen and oxygen atoms in total. The molecule has 25 heavy (non-hydrogen) atoms. The van der Waals surface area contributed by atoms with E-state index in [1.807, 2.05) is 6.07 Å². The zero-order valence-corrected chi connectivity index (χ0v) is 14.3. The number of carbonyl (C=O) groups is 2. The monoisotopic (exact) mass is 359 g/mol. The summed E-state index contributed by atoms with van der Waals surface area (Å²) in [5, 5.41) is 5.56. The molecule has 0 aromatic heterocycles. The van der Waals surface area contributed by atoms with Gasteiger partial charge in [0.05, 0.1) is 4.90 Å². The predicted octanol–water partition coefficient (Wildman–Crippen LogP) is 1.73. The first kappa shape index (κ1) is 17.1. The molecule has 3 N–H and O–H groups in total. The number of hydrogen-bond donors (Lipinski definition) is 3. The van der Waals surface area contributed by atoms with Crippen molar-refractivity contribution in [3.8, 4) is 0 Å². The van der Waals surface area contributed by atoms with Gasteiger partial charge >= 0.3 is 0 Å². The first-order valence-corrected chi connectivity index (χ1v) is 9.15. The van der Waals surface area contributed by atoms with Crippen molar-refractivity contribution in [1.29, 1.82) is 0 Å². The van der Waals surface area contributed by atoms with Crippen molar-refractivity contribution in [1.82, 2.24) is 4.72 Å². The predicted molar refractivity (Wildman–Crippen MR) is 94.0 cm³/mol. The highest BCUT2D eigenvalue weighted by Crippen LogP contribution is 2.26. The Bertz CT molecular complexity index is 937. The highest BCUT2D eigenvalue weighted by atomic mass is 32.2. The summed E-state index contributed by atoms with van der Waals surface area (Å²) >= 11 is 0. The summed E-state index contributed by atoms with van der Waals surface area (Å²) in [4.78, 5) is 23.8. The third-order valence-electron chi connectivity index (χ3n) is 3.95. The standard InChI is InChI=1S/C17H17N3O4S/c1-18-25(23,24)14-6-2-11(3-7-14)17(22)19-13-5-8-15-12(10-13)4-9-16(21)20-15/h2-3,5-8,10,18H,4,9H2,1H3,(H,19,22)(H,20,21). The van der Waals surface area contributed by atoms with Gasteiger partial charge in [-0.2, -0.15) is 0 Å². The van der Waals surface area contributed by atoms with Crippen molar-refractivity contribution >= 4 is 33.2 Å². The zero-order valence-electron chi connectivity index (χ0n) is 13.5. The van der Waals surface area contributed by atoms with Gasteiger partial charge in [-0.15, -0.1) is 0 Å². The van der Waals surface area contributed by atoms with E-state index in [-0.39, 0.29) is 16.7 Å². The number of anilines is 2. The van der Waals surface area contributed by atoms with Crippen molar-refractivity contribution in [3.05, 3.63) is 53.6 Å². The first-order chi connectivity index (χ1) is 11.9. The lowest BCUT2D eigenvalue weighted by molar-refractivity contribution is -0.116. The van der Waals surface area contributed by atoms with Gasteiger partial charge in [-0.1, -0.05) is 0 Å². The second kappa shape index (κ2) is 6.66. The molecular weight excluding hydrogens is 342 g/mol. The molecule has 2 aromatic rings. The minimum Gasteiger partial charge on any atom is -0.326 e. The quantitative estimate of drug-likeness (QED) is 0.773. The van der Waals surface area contributed by atoms with Crippen LogP contribution >= 0.6 is 0 Å². The van der Waals surface area contributed by atoms with Crippen molar-refractivity contribution < 1.29 is 18.0 Å². The fraction of sp³-hybridized carbons (Fsp3) is 0.176. The van der Waals surface area contributed by atoms with E-state index in [4.69, 9.17) is 0 Å². The normalized spacial score (nSPS) is 13.7. The highest BCUT2D eigenvalue weighted by molar-refractivity contribution is 7.89. The van der Waals surface area contributed by atoms with Crippen LogP contribution in [0.5, 0.6) is 0 Å². The molecule has 130 valence electrons. The average molecular weight is 359 g/mol. The van der Waals surface area contributed by atoms with E-state index in [0.29, 0.717) is 24.1 Å². The summed E-state index contributed by atoms with van der Waals surface area (Å²) in [5.41, 5.74) is 2.69. The molecule has 1 aliphatic heterocycles. The van der Waals surface area contributed by atoms with Crippen LogP contribution < -0.4 is 15.4 Å². The zero-order chi connectivity index (χ0) is 18.0. The van der Waals surface area contributed by atoms with E-state index in [1.165, 1.54) is 31.3 Å². The van der Waals surface area contributed by atoms with Crippen molar-refractivity contribution in [2.45, 2.75) is 17.7 Å². The average Bonchev–Trinajstić information content (AvgIpc) is 2.62. The van der Waals surface area contributed by atoms with Gasteiger partial charge in [0, 0.05) is 23.4 Å². The third-order valence-corrected chi connectivity index (χ3v) is 5.38. The van der Waals surface area contributed by atoms with Crippen molar-refractivity contribution in [3.63, 3.8) is 0 Å². The summed E-state index contributed by atoms with van der Waals surface area (Å²) in [7, 11) is -2.20. The van der Waals surface area contributed by atoms with Crippen LogP contribution in [0.25, 0.3) is 0 Å². The van der Waals surface area contributed by atoms with E-state index < -0.39 is 10.0 Å². The molecule has 8 heteroatoms. The van der Waals surface area contributed by atoms with E-state index in [0.717, 1.165) is 11.3 Å². The number of hydrogen-bond acceptors (Lipinski definition) is 4. The molecule has 2 aromatic carbocycles. The fourth-order valence-electron chi connectivity index (χ4n) is 2.57. The summed E-state index contributed by atoms with van der Waals surface area (Å²) in [6.07, 6.45) is 1.05. The van der Waals surface area contributed by atoms with E-state index in [9.17, 15) is 18.0 Å². The molecule has 0 unspecified atom stereocenters. The van der Waals surface area contributed by atoms with Gasteiger partial charge in [0.25, 0.3) is 5.91 Å². The Morgan fingerprint density at radius 2 is 1.80 bits per heavy atom. The lowest BCUT2D eigenvalue weighted by Gasteiger charge is -2.17. The lowest BCUT2D eigenvalue weighted by atomic mass is 10.0. The molecule has 0 atom stereocenters. The largest absolute Gasteiger partial charge is 0.326 e. The molecule has 0 radical (unpaired) electrons. The third kappa shape index (κ3) is 3.70. The van der Waals surface area contributed by atoms with Gasteiger partial charge in [0.1, 0.15) is 0 Å². The molecule has 0 spiro atoms. The maximum absolute atomic E-state index is 12.3. The van der Waals surface area contributed by atoms with Gasteiger partial charge in [0.2, 0.25) is 15.9 Å².